The maximum Gasteiger partial charge on any atom is 0.262 e. The van der Waals surface area contributed by atoms with E-state index in [4.69, 9.17) is 9.47 Å². The number of imidazole rings is 1. The Morgan fingerprint density at radius 1 is 1.31 bits per heavy atom. The summed E-state index contributed by atoms with van der Waals surface area (Å²) in [7, 11) is -1.81. The Hall–Kier alpha value is -1.97. The molecular formula is C17H22N4O4S. The molecule has 0 saturated carbocycles. The molecule has 2 aromatic heterocycles. The molecule has 140 valence electrons. The number of rotatable bonds is 6. The molecule has 0 unspecified atom stereocenters. The van der Waals surface area contributed by atoms with Crippen molar-refractivity contribution in [3.8, 4) is 5.88 Å². The molecule has 0 spiro atoms. The standard InChI is InChI=1S/C17H22N4O4S/c1-20-10-17(19-12-20)26(22,23)21-8-14-13(11-25-15(14)9-21)5-7-24-16-4-2-3-6-18-16/h2-4,6,10,12-15H,5,7-9,11H2,1H3/t13-,14-,15-/m0/s1. The summed E-state index contributed by atoms with van der Waals surface area (Å²) in [6.45, 7) is 2.05. The van der Waals surface area contributed by atoms with Crippen molar-refractivity contribution in [3.05, 3.63) is 36.9 Å². The van der Waals surface area contributed by atoms with Gasteiger partial charge in [0.25, 0.3) is 10.0 Å². The maximum absolute atomic E-state index is 12.7. The van der Waals surface area contributed by atoms with Crippen LogP contribution in [-0.2, 0) is 21.8 Å². The first-order chi connectivity index (χ1) is 12.5. The molecule has 0 N–H and O–H groups in total. The van der Waals surface area contributed by atoms with Crippen molar-refractivity contribution < 1.29 is 17.9 Å². The van der Waals surface area contributed by atoms with Crippen LogP contribution in [0.3, 0.4) is 0 Å². The third-order valence-electron chi connectivity index (χ3n) is 5.07. The van der Waals surface area contributed by atoms with E-state index in [-0.39, 0.29) is 23.0 Å². The van der Waals surface area contributed by atoms with Crippen LogP contribution in [0.25, 0.3) is 0 Å². The van der Waals surface area contributed by atoms with E-state index in [1.165, 1.54) is 16.8 Å². The van der Waals surface area contributed by atoms with Gasteiger partial charge >= 0.3 is 0 Å². The third kappa shape index (κ3) is 3.34. The SMILES string of the molecule is Cn1cnc(S(=O)(=O)N2C[C@H]3[C@@H](CCOc4ccccn4)CO[C@H]3C2)c1. The number of hydrogen-bond donors (Lipinski definition) is 0. The van der Waals surface area contributed by atoms with Crippen LogP contribution in [0.5, 0.6) is 5.88 Å². The monoisotopic (exact) mass is 378 g/mol. The fourth-order valence-corrected chi connectivity index (χ4v) is 5.11. The van der Waals surface area contributed by atoms with Crippen molar-refractivity contribution in [2.24, 2.45) is 18.9 Å². The van der Waals surface area contributed by atoms with E-state index in [1.54, 1.807) is 17.8 Å². The molecule has 2 aromatic rings. The van der Waals surface area contributed by atoms with Crippen LogP contribution in [0.15, 0.2) is 41.9 Å². The Morgan fingerprint density at radius 3 is 2.92 bits per heavy atom. The number of hydrogen-bond acceptors (Lipinski definition) is 6. The highest BCUT2D eigenvalue weighted by atomic mass is 32.2. The molecule has 0 amide bonds. The molecule has 4 rings (SSSR count). The molecule has 4 heterocycles. The first-order valence-electron chi connectivity index (χ1n) is 8.67. The van der Waals surface area contributed by atoms with E-state index in [2.05, 4.69) is 9.97 Å². The van der Waals surface area contributed by atoms with E-state index in [9.17, 15) is 8.42 Å². The zero-order valence-electron chi connectivity index (χ0n) is 14.6. The summed E-state index contributed by atoms with van der Waals surface area (Å²) >= 11 is 0. The van der Waals surface area contributed by atoms with Crippen LogP contribution < -0.4 is 4.74 Å². The lowest BCUT2D eigenvalue weighted by molar-refractivity contribution is 0.102. The van der Waals surface area contributed by atoms with Gasteiger partial charge in [0.1, 0.15) is 0 Å². The zero-order chi connectivity index (χ0) is 18.1. The molecule has 2 aliphatic rings. The van der Waals surface area contributed by atoms with Gasteiger partial charge < -0.3 is 14.0 Å². The number of aryl methyl sites for hydroxylation is 1. The van der Waals surface area contributed by atoms with Crippen LogP contribution in [0.4, 0.5) is 0 Å². The second-order valence-electron chi connectivity index (χ2n) is 6.80. The molecule has 8 nitrogen and oxygen atoms in total. The summed E-state index contributed by atoms with van der Waals surface area (Å²) in [5.41, 5.74) is 0. The molecule has 0 aromatic carbocycles. The Morgan fingerprint density at radius 2 is 2.19 bits per heavy atom. The molecular weight excluding hydrogens is 356 g/mol. The predicted octanol–water partition coefficient (Wildman–Crippen LogP) is 0.920. The minimum absolute atomic E-state index is 0.0478. The molecule has 2 fully saturated rings. The van der Waals surface area contributed by atoms with Gasteiger partial charge in [-0.3, -0.25) is 0 Å². The summed E-state index contributed by atoms with van der Waals surface area (Å²) in [5.74, 6) is 1.09. The number of fused-ring (bicyclic) bond motifs is 1. The van der Waals surface area contributed by atoms with Crippen molar-refractivity contribution in [3.63, 3.8) is 0 Å². The predicted molar refractivity (Wildman–Crippen MR) is 93.0 cm³/mol. The Kier molecular flexibility index (Phi) is 4.68. The quantitative estimate of drug-likeness (QED) is 0.743. The summed E-state index contributed by atoms with van der Waals surface area (Å²) in [6.07, 6.45) is 5.49. The fraction of sp³-hybridized carbons (Fsp3) is 0.529. The van der Waals surface area contributed by atoms with Gasteiger partial charge in [0.2, 0.25) is 5.88 Å². The Balaban J connectivity index is 1.36. The first kappa shape index (κ1) is 17.4. The molecule has 3 atom stereocenters. The molecule has 0 bridgehead atoms. The maximum atomic E-state index is 12.7. The highest BCUT2D eigenvalue weighted by Gasteiger charge is 2.47. The van der Waals surface area contributed by atoms with Gasteiger partial charge in [-0.25, -0.2) is 18.4 Å². The summed E-state index contributed by atoms with van der Waals surface area (Å²) in [4.78, 5) is 8.13. The van der Waals surface area contributed by atoms with Gasteiger partial charge in [0, 0.05) is 44.5 Å². The van der Waals surface area contributed by atoms with Crippen LogP contribution >= 0.6 is 0 Å². The second kappa shape index (κ2) is 6.98. The van der Waals surface area contributed by atoms with Crippen LogP contribution in [-0.4, -0.2) is 59.7 Å². The molecule has 26 heavy (non-hydrogen) atoms. The van der Waals surface area contributed by atoms with Gasteiger partial charge in [-0.1, -0.05) is 6.07 Å². The zero-order valence-corrected chi connectivity index (χ0v) is 15.4. The average Bonchev–Trinajstić information content (AvgIpc) is 3.33. The number of sulfonamides is 1. The largest absolute Gasteiger partial charge is 0.478 e. The number of aromatic nitrogens is 3. The fourth-order valence-electron chi connectivity index (χ4n) is 3.66. The average molecular weight is 378 g/mol. The van der Waals surface area contributed by atoms with E-state index < -0.39 is 10.0 Å². The van der Waals surface area contributed by atoms with Crippen molar-refractivity contribution in [1.82, 2.24) is 18.8 Å². The topological polar surface area (TPSA) is 86.6 Å². The number of ether oxygens (including phenoxy) is 2. The van der Waals surface area contributed by atoms with Gasteiger partial charge in [-0.15, -0.1) is 0 Å². The molecule has 2 aliphatic heterocycles. The van der Waals surface area contributed by atoms with Crippen molar-refractivity contribution in [1.29, 1.82) is 0 Å². The molecule has 9 heteroatoms. The van der Waals surface area contributed by atoms with E-state index in [0.717, 1.165) is 6.42 Å². The Bertz CT molecular complexity index is 855. The highest BCUT2D eigenvalue weighted by molar-refractivity contribution is 7.89. The van der Waals surface area contributed by atoms with Gasteiger partial charge in [0.15, 0.2) is 5.03 Å². The lowest BCUT2D eigenvalue weighted by Gasteiger charge is -2.18. The van der Waals surface area contributed by atoms with E-state index >= 15 is 0 Å². The van der Waals surface area contributed by atoms with Crippen molar-refractivity contribution >= 4 is 10.0 Å². The number of pyridine rings is 1. The summed E-state index contributed by atoms with van der Waals surface area (Å²) < 4.78 is 40.2. The number of nitrogens with zero attached hydrogens (tertiary/aromatic N) is 4. The summed E-state index contributed by atoms with van der Waals surface area (Å²) in [5, 5.41) is 0.0926. The summed E-state index contributed by atoms with van der Waals surface area (Å²) in [6, 6.07) is 5.55. The van der Waals surface area contributed by atoms with Crippen molar-refractivity contribution in [2.45, 2.75) is 17.6 Å². The van der Waals surface area contributed by atoms with Gasteiger partial charge in [-0.2, -0.15) is 4.31 Å². The van der Waals surface area contributed by atoms with Gasteiger partial charge in [0.05, 0.1) is 25.6 Å². The normalized spacial score (nSPS) is 26.1. The van der Waals surface area contributed by atoms with E-state index in [0.29, 0.717) is 32.2 Å². The first-order valence-corrected chi connectivity index (χ1v) is 10.1. The lowest BCUT2D eigenvalue weighted by atomic mass is 9.91. The molecule has 2 saturated heterocycles. The molecule has 0 aliphatic carbocycles. The highest BCUT2D eigenvalue weighted by Crippen LogP contribution is 2.37. The molecule has 0 radical (unpaired) electrons. The van der Waals surface area contributed by atoms with Crippen LogP contribution in [0.2, 0.25) is 0 Å². The smallest absolute Gasteiger partial charge is 0.262 e. The minimum Gasteiger partial charge on any atom is -0.478 e. The van der Waals surface area contributed by atoms with Crippen molar-refractivity contribution in [2.75, 3.05) is 26.3 Å². The lowest BCUT2D eigenvalue weighted by Crippen LogP contribution is -2.31. The van der Waals surface area contributed by atoms with Crippen LogP contribution in [0, 0.1) is 11.8 Å². The van der Waals surface area contributed by atoms with Crippen LogP contribution in [0.1, 0.15) is 6.42 Å². The minimum atomic E-state index is -3.57. The van der Waals surface area contributed by atoms with E-state index in [1.807, 2.05) is 18.2 Å². The third-order valence-corrected chi connectivity index (χ3v) is 6.78. The second-order valence-corrected chi connectivity index (χ2v) is 8.69. The Labute approximate surface area is 152 Å². The van der Waals surface area contributed by atoms with Gasteiger partial charge in [-0.05, 0) is 18.4 Å².